The number of carbonyl (C=O) groups is 2. The summed E-state index contributed by atoms with van der Waals surface area (Å²) >= 11 is 0. The SMILES string of the molecule is COC(=O)N(c1ccc2c(c1C(=O)O)OCC1CC21)S(=O)(=O)c1ccc(F)cc1C=C(C)CO[Si](C)(C)C(C)(C)C. The highest BCUT2D eigenvalue weighted by Crippen LogP contribution is 2.55. The van der Waals surface area contributed by atoms with Gasteiger partial charge in [-0.05, 0) is 78.4 Å². The first-order chi connectivity index (χ1) is 19.0. The Morgan fingerprint density at radius 2 is 1.90 bits per heavy atom. The number of carboxylic acids is 1. The van der Waals surface area contributed by atoms with E-state index in [0.717, 1.165) is 31.7 Å². The van der Waals surface area contributed by atoms with Gasteiger partial charge < -0.3 is 19.0 Å². The second-order valence-corrected chi connectivity index (χ2v) is 18.6. The summed E-state index contributed by atoms with van der Waals surface area (Å²) in [5, 5.41) is 10.1. The Balaban J connectivity index is 1.81. The molecule has 2 aromatic rings. The Hall–Kier alpha value is -3.22. The second kappa shape index (κ2) is 10.9. The molecule has 4 rings (SSSR count). The molecule has 1 aliphatic carbocycles. The normalized spacial score (nSPS) is 18.6. The molecule has 0 bridgehead atoms. The number of anilines is 1. The van der Waals surface area contributed by atoms with Gasteiger partial charge in [0.05, 0.1) is 30.9 Å². The number of aromatic carboxylic acids is 1. The second-order valence-electron chi connectivity index (χ2n) is 12.1. The fourth-order valence-electron chi connectivity index (χ4n) is 4.61. The highest BCUT2D eigenvalue weighted by Gasteiger charge is 2.47. The molecule has 222 valence electrons. The fraction of sp³-hybridized carbons (Fsp3) is 0.448. The predicted molar refractivity (Wildman–Crippen MR) is 155 cm³/mol. The Kier molecular flexibility index (Phi) is 8.15. The van der Waals surface area contributed by atoms with Crippen molar-refractivity contribution in [2.45, 2.75) is 63.1 Å². The highest BCUT2D eigenvalue weighted by atomic mass is 32.2. The summed E-state index contributed by atoms with van der Waals surface area (Å²) in [5.74, 6) is -1.70. The molecule has 41 heavy (non-hydrogen) atoms. The number of fused-ring (bicyclic) bond motifs is 3. The van der Waals surface area contributed by atoms with Crippen LogP contribution in [-0.2, 0) is 19.2 Å². The molecule has 2 atom stereocenters. The van der Waals surface area contributed by atoms with E-state index in [1.165, 1.54) is 12.1 Å². The molecule has 1 heterocycles. The van der Waals surface area contributed by atoms with Gasteiger partial charge in [-0.15, -0.1) is 0 Å². The quantitative estimate of drug-likeness (QED) is 0.343. The van der Waals surface area contributed by atoms with Crippen molar-refractivity contribution >= 4 is 42.2 Å². The molecule has 12 heteroatoms. The van der Waals surface area contributed by atoms with Crippen LogP contribution < -0.4 is 9.04 Å². The summed E-state index contributed by atoms with van der Waals surface area (Å²) in [5.41, 5.74) is 0.378. The third-order valence-electron chi connectivity index (χ3n) is 8.06. The van der Waals surface area contributed by atoms with Gasteiger partial charge in [0.15, 0.2) is 8.32 Å². The van der Waals surface area contributed by atoms with Crippen molar-refractivity contribution in [3.8, 4) is 5.75 Å². The molecule has 1 N–H and O–H groups in total. The standard InChI is InChI=1S/C29H36FNO8SSi/c1-17(15-39-41(6,7)29(2,3)4)12-18-13-20(30)8-11-24(18)40(35,36)31(28(34)37-5)23-10-9-21-22-14-19(22)16-38-26(21)25(23)27(32)33/h8-13,19,22H,14-16H2,1-7H3,(H,32,33). The largest absolute Gasteiger partial charge is 0.492 e. The van der Waals surface area contributed by atoms with Gasteiger partial charge in [-0.3, -0.25) is 0 Å². The minimum atomic E-state index is -4.81. The summed E-state index contributed by atoms with van der Waals surface area (Å²) in [6.45, 7) is 12.7. The Bertz CT molecular complexity index is 1530. The van der Waals surface area contributed by atoms with Gasteiger partial charge in [-0.25, -0.2) is 22.4 Å². The first-order valence-corrected chi connectivity index (χ1v) is 17.6. The van der Waals surface area contributed by atoms with Crippen LogP contribution in [-0.4, -0.2) is 54.2 Å². The number of sulfonamides is 1. The number of amides is 1. The van der Waals surface area contributed by atoms with E-state index in [9.17, 15) is 27.5 Å². The molecule has 2 aromatic carbocycles. The van der Waals surface area contributed by atoms with Gasteiger partial charge in [-0.1, -0.05) is 32.9 Å². The molecule has 0 spiro atoms. The van der Waals surface area contributed by atoms with Crippen LogP contribution in [0.1, 0.15) is 61.5 Å². The summed E-state index contributed by atoms with van der Waals surface area (Å²) < 4.78 is 59.7. The molecule has 9 nitrogen and oxygen atoms in total. The summed E-state index contributed by atoms with van der Waals surface area (Å²) in [6, 6.07) is 5.90. The average Bonchev–Trinajstić information content (AvgIpc) is 3.66. The summed E-state index contributed by atoms with van der Waals surface area (Å²) in [4.78, 5) is 25.1. The zero-order chi connectivity index (χ0) is 30.5. The third-order valence-corrected chi connectivity index (χ3v) is 14.3. The first kappa shape index (κ1) is 30.7. The van der Waals surface area contributed by atoms with Crippen LogP contribution >= 0.6 is 0 Å². The predicted octanol–water partition coefficient (Wildman–Crippen LogP) is 6.41. The number of hydrogen-bond acceptors (Lipinski definition) is 7. The van der Waals surface area contributed by atoms with Gasteiger partial charge >= 0.3 is 12.1 Å². The van der Waals surface area contributed by atoms with E-state index in [0.29, 0.717) is 22.0 Å². The van der Waals surface area contributed by atoms with E-state index in [4.69, 9.17) is 13.9 Å². The topological polar surface area (TPSA) is 119 Å². The summed E-state index contributed by atoms with van der Waals surface area (Å²) in [7, 11) is -5.95. The zero-order valence-corrected chi connectivity index (χ0v) is 26.1. The molecule has 0 radical (unpaired) electrons. The van der Waals surface area contributed by atoms with Gasteiger partial charge in [0.1, 0.15) is 17.1 Å². The first-order valence-electron chi connectivity index (χ1n) is 13.3. The van der Waals surface area contributed by atoms with Crippen molar-refractivity contribution in [2.24, 2.45) is 5.92 Å². The lowest BCUT2D eigenvalue weighted by Crippen LogP contribution is -2.41. The van der Waals surface area contributed by atoms with Crippen molar-refractivity contribution in [2.75, 3.05) is 24.6 Å². The van der Waals surface area contributed by atoms with Crippen LogP contribution in [0.4, 0.5) is 14.9 Å². The van der Waals surface area contributed by atoms with E-state index in [1.54, 1.807) is 13.0 Å². The maximum absolute atomic E-state index is 14.4. The van der Waals surface area contributed by atoms with E-state index in [1.807, 2.05) is 0 Å². The molecule has 1 fully saturated rings. The van der Waals surface area contributed by atoms with Crippen molar-refractivity contribution in [3.05, 3.63) is 58.4 Å². The van der Waals surface area contributed by atoms with Crippen molar-refractivity contribution < 1.29 is 41.4 Å². The van der Waals surface area contributed by atoms with Crippen molar-refractivity contribution in [3.63, 3.8) is 0 Å². The molecule has 2 aliphatic rings. The number of hydrogen-bond donors (Lipinski definition) is 1. The van der Waals surface area contributed by atoms with Crippen LogP contribution in [0.2, 0.25) is 18.1 Å². The van der Waals surface area contributed by atoms with E-state index >= 15 is 0 Å². The van der Waals surface area contributed by atoms with E-state index in [2.05, 4.69) is 33.9 Å². The Labute approximate surface area is 241 Å². The number of methoxy groups -OCH3 is 1. The molecular formula is C29H36FNO8SSi. The van der Waals surface area contributed by atoms with Gasteiger partial charge in [0.2, 0.25) is 0 Å². The smallest absolute Gasteiger partial charge is 0.428 e. The lowest BCUT2D eigenvalue weighted by atomic mass is 10.00. The average molecular weight is 606 g/mol. The summed E-state index contributed by atoms with van der Waals surface area (Å²) in [6.07, 6.45) is 0.999. The van der Waals surface area contributed by atoms with Crippen LogP contribution in [0.5, 0.6) is 5.75 Å². The minimum Gasteiger partial charge on any atom is -0.492 e. The number of ether oxygens (including phenoxy) is 2. The number of carboxylic acid groups (broad SMARTS) is 1. The third kappa shape index (κ3) is 5.91. The maximum Gasteiger partial charge on any atom is 0.428 e. The molecule has 0 aromatic heterocycles. The number of halogens is 1. The van der Waals surface area contributed by atoms with Gasteiger partial charge in [0.25, 0.3) is 10.0 Å². The lowest BCUT2D eigenvalue weighted by molar-refractivity contribution is 0.0692. The molecular weight excluding hydrogens is 569 g/mol. The molecule has 1 aliphatic heterocycles. The van der Waals surface area contributed by atoms with Crippen molar-refractivity contribution in [1.82, 2.24) is 0 Å². The molecule has 0 saturated heterocycles. The minimum absolute atomic E-state index is 0.0258. The number of rotatable bonds is 8. The van der Waals surface area contributed by atoms with E-state index < -0.39 is 52.4 Å². The lowest BCUT2D eigenvalue weighted by Gasteiger charge is -2.36. The zero-order valence-electron chi connectivity index (χ0n) is 24.3. The van der Waals surface area contributed by atoms with Crippen LogP contribution in [0, 0.1) is 11.7 Å². The number of benzene rings is 2. The molecule has 1 saturated carbocycles. The van der Waals surface area contributed by atoms with E-state index in [-0.39, 0.29) is 34.8 Å². The number of carbonyl (C=O) groups excluding carboxylic acids is 1. The maximum atomic E-state index is 14.4. The highest BCUT2D eigenvalue weighted by molar-refractivity contribution is 7.93. The van der Waals surface area contributed by atoms with Gasteiger partial charge in [-0.2, -0.15) is 4.31 Å². The fourth-order valence-corrected chi connectivity index (χ4v) is 7.16. The van der Waals surface area contributed by atoms with Gasteiger partial charge in [0, 0.05) is 5.92 Å². The molecule has 2 unspecified atom stereocenters. The van der Waals surface area contributed by atoms with Crippen LogP contribution in [0.3, 0.4) is 0 Å². The van der Waals surface area contributed by atoms with Crippen molar-refractivity contribution in [1.29, 1.82) is 0 Å². The monoisotopic (exact) mass is 605 g/mol. The van der Waals surface area contributed by atoms with Crippen LogP contribution in [0.15, 0.2) is 40.8 Å². The Morgan fingerprint density at radius 3 is 2.51 bits per heavy atom. The molecule has 1 amide bonds. The number of nitrogens with zero attached hydrogens (tertiary/aromatic N) is 1. The Morgan fingerprint density at radius 1 is 1.22 bits per heavy atom. The van der Waals surface area contributed by atoms with Crippen LogP contribution in [0.25, 0.3) is 6.08 Å².